The molecule has 2 aromatic rings. The van der Waals surface area contributed by atoms with Crippen LogP contribution in [0.2, 0.25) is 0 Å². The quantitative estimate of drug-likeness (QED) is 0.823. The highest BCUT2D eigenvalue weighted by Gasteiger charge is 2.24. The minimum Gasteiger partial charge on any atom is -0.450 e. The fraction of sp³-hybridized carbons (Fsp3) is 0.467. The summed E-state index contributed by atoms with van der Waals surface area (Å²) in [7, 11) is -3.32. The number of ether oxygens (including phenoxy) is 1. The maximum Gasteiger partial charge on any atom is 0.409 e. The molecule has 1 aliphatic rings. The van der Waals surface area contributed by atoms with E-state index in [-0.39, 0.29) is 11.0 Å². The van der Waals surface area contributed by atoms with Crippen LogP contribution in [0.15, 0.2) is 23.1 Å². The highest BCUT2D eigenvalue weighted by atomic mass is 32.2. The van der Waals surface area contributed by atoms with E-state index in [1.807, 2.05) is 6.07 Å². The van der Waals surface area contributed by atoms with Gasteiger partial charge in [-0.25, -0.2) is 18.2 Å². The molecule has 24 heavy (non-hydrogen) atoms. The molecule has 1 amide bonds. The number of carbonyl (C=O) groups excluding carboxylic acids is 1. The van der Waals surface area contributed by atoms with E-state index in [0.29, 0.717) is 38.3 Å². The van der Waals surface area contributed by atoms with Crippen molar-refractivity contribution in [1.29, 1.82) is 0 Å². The Labute approximate surface area is 144 Å². The lowest BCUT2D eigenvalue weighted by Crippen LogP contribution is -2.48. The predicted molar refractivity (Wildman–Crippen MR) is 93.5 cm³/mol. The number of hydrogen-bond donors (Lipinski definition) is 0. The molecular formula is C15H19N3O4S2. The maximum atomic E-state index is 11.9. The van der Waals surface area contributed by atoms with Crippen molar-refractivity contribution >= 4 is 42.6 Å². The van der Waals surface area contributed by atoms with Gasteiger partial charge >= 0.3 is 6.09 Å². The molecule has 130 valence electrons. The second-order valence-electron chi connectivity index (χ2n) is 5.54. The zero-order valence-electron chi connectivity index (χ0n) is 13.6. The number of hydrogen-bond acceptors (Lipinski definition) is 7. The molecule has 1 aromatic heterocycles. The van der Waals surface area contributed by atoms with E-state index in [1.165, 1.54) is 17.6 Å². The normalized spacial score (nSPS) is 15.8. The lowest BCUT2D eigenvalue weighted by Gasteiger charge is -2.33. The van der Waals surface area contributed by atoms with Crippen LogP contribution in [0, 0.1) is 0 Å². The van der Waals surface area contributed by atoms with Crippen molar-refractivity contribution in [2.75, 3.05) is 43.9 Å². The van der Waals surface area contributed by atoms with Crippen molar-refractivity contribution in [3.63, 3.8) is 0 Å². The number of piperazine rings is 1. The topological polar surface area (TPSA) is 79.8 Å². The van der Waals surface area contributed by atoms with Gasteiger partial charge in [-0.2, -0.15) is 0 Å². The van der Waals surface area contributed by atoms with Gasteiger partial charge in [0.2, 0.25) is 0 Å². The number of para-hydroxylation sites is 1. The average Bonchev–Trinajstić information content (AvgIpc) is 2.98. The number of benzene rings is 1. The third-order valence-electron chi connectivity index (χ3n) is 3.85. The number of rotatable bonds is 3. The Hall–Kier alpha value is -1.87. The Balaban J connectivity index is 1.81. The summed E-state index contributed by atoms with van der Waals surface area (Å²) >= 11 is 1.47. The molecule has 1 fully saturated rings. The Bertz CT molecular complexity index is 855. The van der Waals surface area contributed by atoms with Gasteiger partial charge in [0.05, 0.1) is 16.2 Å². The van der Waals surface area contributed by atoms with Crippen molar-refractivity contribution in [2.45, 2.75) is 11.8 Å². The number of fused-ring (bicyclic) bond motifs is 1. The molecular weight excluding hydrogens is 350 g/mol. The van der Waals surface area contributed by atoms with Gasteiger partial charge in [0.15, 0.2) is 15.0 Å². The first-order valence-electron chi connectivity index (χ1n) is 7.66. The fourth-order valence-corrected chi connectivity index (χ4v) is 4.58. The molecule has 0 bridgehead atoms. The van der Waals surface area contributed by atoms with E-state index in [2.05, 4.69) is 9.88 Å². The van der Waals surface area contributed by atoms with Gasteiger partial charge in [-0.1, -0.05) is 17.4 Å². The molecule has 3 rings (SSSR count). The molecule has 2 heterocycles. The monoisotopic (exact) mass is 369 g/mol. The number of carbonyl (C=O) groups is 1. The fourth-order valence-electron chi connectivity index (χ4n) is 2.64. The zero-order valence-corrected chi connectivity index (χ0v) is 15.2. The Morgan fingerprint density at radius 2 is 2.00 bits per heavy atom. The van der Waals surface area contributed by atoms with E-state index in [9.17, 15) is 13.2 Å². The van der Waals surface area contributed by atoms with Crippen molar-refractivity contribution in [2.24, 2.45) is 0 Å². The van der Waals surface area contributed by atoms with Crippen LogP contribution in [0.4, 0.5) is 9.93 Å². The zero-order chi connectivity index (χ0) is 17.3. The van der Waals surface area contributed by atoms with Gasteiger partial charge in [-0.05, 0) is 19.1 Å². The van der Waals surface area contributed by atoms with E-state index in [4.69, 9.17) is 4.74 Å². The summed E-state index contributed by atoms with van der Waals surface area (Å²) in [5, 5.41) is 0.782. The smallest absolute Gasteiger partial charge is 0.409 e. The molecule has 0 atom stereocenters. The number of amides is 1. The van der Waals surface area contributed by atoms with Gasteiger partial charge < -0.3 is 14.5 Å². The number of aromatic nitrogens is 1. The van der Waals surface area contributed by atoms with Crippen LogP contribution < -0.4 is 4.90 Å². The molecule has 0 aliphatic carbocycles. The van der Waals surface area contributed by atoms with Gasteiger partial charge in [-0.3, -0.25) is 0 Å². The molecule has 7 nitrogen and oxygen atoms in total. The summed E-state index contributed by atoms with van der Waals surface area (Å²) in [4.78, 5) is 20.3. The first-order chi connectivity index (χ1) is 11.4. The summed E-state index contributed by atoms with van der Waals surface area (Å²) < 4.78 is 29.7. The standard InChI is InChI=1S/C15H19N3O4S2/c1-3-22-15(19)18-9-7-17(8-10-18)14-16-13-11(23-14)5-4-6-12(13)24(2,20)21/h4-6H,3,7-10H2,1-2H3. The highest BCUT2D eigenvalue weighted by molar-refractivity contribution is 7.91. The molecule has 1 aromatic carbocycles. The molecule has 0 saturated carbocycles. The molecule has 0 radical (unpaired) electrons. The molecule has 1 aliphatic heterocycles. The van der Waals surface area contributed by atoms with Crippen LogP contribution in [0.25, 0.3) is 10.2 Å². The van der Waals surface area contributed by atoms with Crippen molar-refractivity contribution in [3.05, 3.63) is 18.2 Å². The minimum atomic E-state index is -3.32. The van der Waals surface area contributed by atoms with Crippen molar-refractivity contribution < 1.29 is 17.9 Å². The summed E-state index contributed by atoms with van der Waals surface area (Å²) in [5.74, 6) is 0. The van der Waals surface area contributed by atoms with Gasteiger partial charge in [-0.15, -0.1) is 0 Å². The SMILES string of the molecule is CCOC(=O)N1CCN(c2nc3c(S(C)(=O)=O)cccc3s2)CC1. The van der Waals surface area contributed by atoms with E-state index in [0.717, 1.165) is 9.83 Å². The van der Waals surface area contributed by atoms with Gasteiger partial charge in [0, 0.05) is 32.4 Å². The first-order valence-corrected chi connectivity index (χ1v) is 10.4. The third kappa shape index (κ3) is 3.32. The van der Waals surface area contributed by atoms with Crippen LogP contribution in [-0.2, 0) is 14.6 Å². The Morgan fingerprint density at radius 3 is 2.62 bits per heavy atom. The molecule has 0 spiro atoms. The lowest BCUT2D eigenvalue weighted by atomic mass is 10.3. The molecule has 0 unspecified atom stereocenters. The van der Waals surface area contributed by atoms with Gasteiger partial charge in [0.25, 0.3) is 0 Å². The van der Waals surface area contributed by atoms with Crippen molar-refractivity contribution in [3.8, 4) is 0 Å². The van der Waals surface area contributed by atoms with Crippen LogP contribution in [-0.4, -0.2) is 63.4 Å². The summed E-state index contributed by atoms with van der Waals surface area (Å²) in [5.41, 5.74) is 0.521. The van der Waals surface area contributed by atoms with E-state index >= 15 is 0 Å². The third-order valence-corrected chi connectivity index (χ3v) is 6.06. The first kappa shape index (κ1) is 17.0. The lowest BCUT2D eigenvalue weighted by molar-refractivity contribution is 0.105. The highest BCUT2D eigenvalue weighted by Crippen LogP contribution is 2.32. The average molecular weight is 369 g/mol. The van der Waals surface area contributed by atoms with Crippen LogP contribution >= 0.6 is 11.3 Å². The van der Waals surface area contributed by atoms with Gasteiger partial charge in [0.1, 0.15) is 5.52 Å². The predicted octanol–water partition coefficient (Wildman–Crippen LogP) is 1.98. The van der Waals surface area contributed by atoms with E-state index < -0.39 is 9.84 Å². The summed E-state index contributed by atoms with van der Waals surface area (Å²) in [6, 6.07) is 5.19. The largest absolute Gasteiger partial charge is 0.450 e. The molecule has 9 heteroatoms. The number of thiazole rings is 1. The van der Waals surface area contributed by atoms with Crippen LogP contribution in [0.5, 0.6) is 0 Å². The van der Waals surface area contributed by atoms with Crippen molar-refractivity contribution in [1.82, 2.24) is 9.88 Å². The second kappa shape index (κ2) is 6.56. The maximum absolute atomic E-state index is 11.9. The second-order valence-corrected chi connectivity index (χ2v) is 8.54. The molecule has 0 N–H and O–H groups in total. The Kier molecular flexibility index (Phi) is 4.64. The minimum absolute atomic E-state index is 0.257. The summed E-state index contributed by atoms with van der Waals surface area (Å²) in [6.45, 7) is 4.57. The van der Waals surface area contributed by atoms with Crippen LogP contribution in [0.3, 0.4) is 0 Å². The van der Waals surface area contributed by atoms with E-state index in [1.54, 1.807) is 24.0 Å². The number of sulfone groups is 1. The molecule has 1 saturated heterocycles. The number of nitrogens with zero attached hydrogens (tertiary/aromatic N) is 3. The van der Waals surface area contributed by atoms with Crippen LogP contribution in [0.1, 0.15) is 6.92 Å². The Morgan fingerprint density at radius 1 is 1.29 bits per heavy atom. The number of anilines is 1. The summed E-state index contributed by atoms with van der Waals surface area (Å²) in [6.07, 6.45) is 0.902.